The number of carboxylic acids is 1. The summed E-state index contributed by atoms with van der Waals surface area (Å²) in [6, 6.07) is 0. The Morgan fingerprint density at radius 2 is 2.00 bits per heavy atom. The van der Waals surface area contributed by atoms with E-state index in [9.17, 15) is 4.79 Å². The Morgan fingerprint density at radius 3 is 2.64 bits per heavy atom. The maximum Gasteiger partial charge on any atom is 0.304 e. The maximum atomic E-state index is 10.1. The molecule has 0 aromatic rings. The number of hydrogen-bond donors (Lipinski definition) is 1. The Morgan fingerprint density at radius 1 is 1.29 bits per heavy atom. The van der Waals surface area contributed by atoms with Crippen molar-refractivity contribution in [2.24, 2.45) is 0 Å². The molecule has 14 heavy (non-hydrogen) atoms. The normalized spacial score (nSPS) is 7.50. The molecule has 1 N–H and O–H groups in total. The number of rotatable bonds is 2. The first-order valence-corrected chi connectivity index (χ1v) is 4.08. The van der Waals surface area contributed by atoms with Gasteiger partial charge in [0.25, 0.3) is 0 Å². The summed E-state index contributed by atoms with van der Waals surface area (Å²) in [7, 11) is 0. The van der Waals surface area contributed by atoms with Gasteiger partial charge in [-0.1, -0.05) is 17.9 Å². The number of carboxylic acid groups (broad SMARTS) is 1. The summed E-state index contributed by atoms with van der Waals surface area (Å²) >= 11 is 0. The van der Waals surface area contributed by atoms with Crippen LogP contribution in [0.2, 0.25) is 0 Å². The van der Waals surface area contributed by atoms with Crippen LogP contribution >= 0.6 is 0 Å². The number of carbonyl (C=O) groups is 1. The summed E-state index contributed by atoms with van der Waals surface area (Å²) in [4.78, 5) is 10.1. The number of hydrogen-bond acceptors (Lipinski definition) is 1. The standard InChI is InChI=1S/C12H10O2/c1-2-3-4-5-6-7-8-9-10-11-12(13)14/h2-3H,10-11H2,1H3,(H,13,14). The lowest BCUT2D eigenvalue weighted by Crippen LogP contribution is -1.91. The molecule has 70 valence electrons. The number of allylic oxidation sites excluding steroid dienone is 2. The zero-order valence-corrected chi connectivity index (χ0v) is 7.92. The van der Waals surface area contributed by atoms with Gasteiger partial charge in [0, 0.05) is 6.42 Å². The Hall–Kier alpha value is -2.11. The van der Waals surface area contributed by atoms with Gasteiger partial charge in [-0.05, 0) is 36.7 Å². The Kier molecular flexibility index (Phi) is 7.63. The summed E-state index contributed by atoms with van der Waals surface area (Å²) in [5.74, 6) is 14.6. The van der Waals surface area contributed by atoms with Crippen molar-refractivity contribution in [3.8, 4) is 35.5 Å². The van der Waals surface area contributed by atoms with Gasteiger partial charge in [0.1, 0.15) is 0 Å². The topological polar surface area (TPSA) is 37.3 Å². The van der Waals surface area contributed by atoms with Gasteiger partial charge in [0.2, 0.25) is 0 Å². The molecule has 0 aromatic heterocycles. The SMILES string of the molecule is CC=CC#CC#CC#CCCC(=O)O. The molecule has 0 unspecified atom stereocenters. The zero-order chi connectivity index (χ0) is 10.6. The molecule has 0 aliphatic heterocycles. The highest BCUT2D eigenvalue weighted by atomic mass is 16.4. The minimum Gasteiger partial charge on any atom is -0.481 e. The second-order valence-corrected chi connectivity index (χ2v) is 2.21. The lowest BCUT2D eigenvalue weighted by molar-refractivity contribution is -0.136. The lowest BCUT2D eigenvalue weighted by Gasteiger charge is -1.80. The van der Waals surface area contributed by atoms with Crippen molar-refractivity contribution in [1.82, 2.24) is 0 Å². The van der Waals surface area contributed by atoms with Crippen molar-refractivity contribution in [3.63, 3.8) is 0 Å². The van der Waals surface area contributed by atoms with Crippen molar-refractivity contribution >= 4 is 5.97 Å². The fourth-order valence-corrected chi connectivity index (χ4v) is 0.500. The molecule has 0 saturated heterocycles. The van der Waals surface area contributed by atoms with Crippen LogP contribution in [0.4, 0.5) is 0 Å². The molecular weight excluding hydrogens is 176 g/mol. The van der Waals surface area contributed by atoms with E-state index in [0.717, 1.165) is 0 Å². The first kappa shape index (κ1) is 11.9. The third-order valence-corrected chi connectivity index (χ3v) is 1.06. The first-order valence-electron chi connectivity index (χ1n) is 4.08. The molecule has 0 aromatic carbocycles. The van der Waals surface area contributed by atoms with Crippen LogP contribution in [0.3, 0.4) is 0 Å². The van der Waals surface area contributed by atoms with Gasteiger partial charge in [0.05, 0.1) is 6.42 Å². The average Bonchev–Trinajstić information content (AvgIpc) is 2.15. The van der Waals surface area contributed by atoms with Crippen LogP contribution in [-0.2, 0) is 4.79 Å². The van der Waals surface area contributed by atoms with Crippen molar-refractivity contribution in [1.29, 1.82) is 0 Å². The van der Waals surface area contributed by atoms with E-state index < -0.39 is 5.97 Å². The summed E-state index contributed by atoms with van der Waals surface area (Å²) in [5, 5.41) is 8.28. The van der Waals surface area contributed by atoms with Crippen LogP contribution in [0.5, 0.6) is 0 Å². The highest BCUT2D eigenvalue weighted by molar-refractivity contribution is 5.67. The predicted octanol–water partition coefficient (Wildman–Crippen LogP) is 1.44. The second-order valence-electron chi connectivity index (χ2n) is 2.21. The van der Waals surface area contributed by atoms with E-state index >= 15 is 0 Å². The summed E-state index contributed by atoms with van der Waals surface area (Å²) in [5.41, 5.74) is 0. The Labute approximate surface area is 84.0 Å². The van der Waals surface area contributed by atoms with Crippen LogP contribution in [-0.4, -0.2) is 11.1 Å². The van der Waals surface area contributed by atoms with E-state index in [1.807, 2.05) is 13.0 Å². The molecule has 2 nitrogen and oxygen atoms in total. The Bertz CT molecular complexity index is 383. The number of aliphatic carboxylic acids is 1. The molecule has 0 spiro atoms. The van der Waals surface area contributed by atoms with Crippen LogP contribution in [0.1, 0.15) is 19.8 Å². The maximum absolute atomic E-state index is 10.1. The average molecular weight is 186 g/mol. The molecular formula is C12H10O2. The second kappa shape index (κ2) is 8.98. The van der Waals surface area contributed by atoms with Crippen molar-refractivity contribution in [2.75, 3.05) is 0 Å². The van der Waals surface area contributed by atoms with Gasteiger partial charge in [-0.15, -0.1) is 0 Å². The highest BCUT2D eigenvalue weighted by Gasteiger charge is 1.90. The van der Waals surface area contributed by atoms with Gasteiger partial charge in [-0.25, -0.2) is 0 Å². The van der Waals surface area contributed by atoms with E-state index in [0.29, 0.717) is 6.42 Å². The smallest absolute Gasteiger partial charge is 0.304 e. The molecule has 0 radical (unpaired) electrons. The van der Waals surface area contributed by atoms with E-state index in [-0.39, 0.29) is 6.42 Å². The summed E-state index contributed by atoms with van der Waals surface area (Å²) in [6.07, 6.45) is 3.88. The quantitative estimate of drug-likeness (QED) is 0.662. The lowest BCUT2D eigenvalue weighted by atomic mass is 10.3. The third kappa shape index (κ3) is 9.89. The molecule has 2 heteroatoms. The fraction of sp³-hybridized carbons (Fsp3) is 0.250. The molecule has 0 aliphatic carbocycles. The molecule has 0 amide bonds. The molecule has 0 fully saturated rings. The van der Waals surface area contributed by atoms with Gasteiger partial charge < -0.3 is 5.11 Å². The minimum atomic E-state index is -0.847. The van der Waals surface area contributed by atoms with Crippen LogP contribution in [0.25, 0.3) is 0 Å². The van der Waals surface area contributed by atoms with Gasteiger partial charge in [0.15, 0.2) is 0 Å². The predicted molar refractivity (Wildman–Crippen MR) is 55.0 cm³/mol. The Balaban J connectivity index is 3.81. The monoisotopic (exact) mass is 186 g/mol. The molecule has 0 saturated carbocycles. The molecule has 0 bridgehead atoms. The summed E-state index contributed by atoms with van der Waals surface area (Å²) < 4.78 is 0. The van der Waals surface area contributed by atoms with Crippen molar-refractivity contribution in [3.05, 3.63) is 12.2 Å². The summed E-state index contributed by atoms with van der Waals surface area (Å²) in [6.45, 7) is 1.87. The zero-order valence-electron chi connectivity index (χ0n) is 7.92. The van der Waals surface area contributed by atoms with Gasteiger partial charge in [-0.2, -0.15) is 0 Å². The largest absolute Gasteiger partial charge is 0.481 e. The first-order chi connectivity index (χ1) is 6.77. The van der Waals surface area contributed by atoms with Crippen LogP contribution in [0.15, 0.2) is 12.2 Å². The van der Waals surface area contributed by atoms with Gasteiger partial charge in [-0.3, -0.25) is 4.79 Å². The van der Waals surface area contributed by atoms with E-state index in [4.69, 9.17) is 5.11 Å². The molecule has 0 heterocycles. The molecule has 0 rings (SSSR count). The van der Waals surface area contributed by atoms with E-state index in [2.05, 4.69) is 35.5 Å². The van der Waals surface area contributed by atoms with Crippen LogP contribution in [0, 0.1) is 35.5 Å². The minimum absolute atomic E-state index is 0.0545. The van der Waals surface area contributed by atoms with Crippen molar-refractivity contribution in [2.45, 2.75) is 19.8 Å². The van der Waals surface area contributed by atoms with E-state index in [1.54, 1.807) is 6.08 Å². The van der Waals surface area contributed by atoms with E-state index in [1.165, 1.54) is 0 Å². The van der Waals surface area contributed by atoms with Gasteiger partial charge >= 0.3 is 5.97 Å². The molecule has 0 atom stereocenters. The van der Waals surface area contributed by atoms with Crippen molar-refractivity contribution < 1.29 is 9.90 Å². The third-order valence-electron chi connectivity index (χ3n) is 1.06. The molecule has 0 aliphatic rings. The fourth-order valence-electron chi connectivity index (χ4n) is 0.500. The highest BCUT2D eigenvalue weighted by Crippen LogP contribution is 1.83. The van der Waals surface area contributed by atoms with Crippen LogP contribution < -0.4 is 0 Å².